The summed E-state index contributed by atoms with van der Waals surface area (Å²) in [6, 6.07) is 17.5. The smallest absolute Gasteiger partial charge is 0.264 e. The van der Waals surface area contributed by atoms with E-state index in [0.29, 0.717) is 11.4 Å². The van der Waals surface area contributed by atoms with Gasteiger partial charge in [0.1, 0.15) is 18.0 Å². The number of sulfonamides is 1. The zero-order valence-electron chi connectivity index (χ0n) is 21.1. The summed E-state index contributed by atoms with van der Waals surface area (Å²) < 4.78 is 39.6. The Morgan fingerprint density at radius 3 is 2.39 bits per heavy atom. The predicted molar refractivity (Wildman–Crippen MR) is 140 cm³/mol. The van der Waals surface area contributed by atoms with Gasteiger partial charge in [0.15, 0.2) is 0 Å². The first-order chi connectivity index (χ1) is 17.2. The van der Waals surface area contributed by atoms with Crippen LogP contribution >= 0.6 is 0 Å². The van der Waals surface area contributed by atoms with Gasteiger partial charge in [-0.1, -0.05) is 29.8 Å². The van der Waals surface area contributed by atoms with Crippen LogP contribution in [-0.4, -0.2) is 35.1 Å². The van der Waals surface area contributed by atoms with E-state index in [1.807, 2.05) is 38.1 Å². The normalized spacial score (nSPS) is 15.1. The summed E-state index contributed by atoms with van der Waals surface area (Å²) in [7, 11) is -0.934. The van der Waals surface area contributed by atoms with Crippen molar-refractivity contribution < 1.29 is 22.7 Å². The van der Waals surface area contributed by atoms with E-state index >= 15 is 0 Å². The molecule has 36 heavy (non-hydrogen) atoms. The van der Waals surface area contributed by atoms with Gasteiger partial charge in [0.25, 0.3) is 10.0 Å². The van der Waals surface area contributed by atoms with E-state index in [2.05, 4.69) is 5.32 Å². The van der Waals surface area contributed by atoms with Crippen LogP contribution in [0.3, 0.4) is 0 Å². The molecule has 3 aromatic carbocycles. The van der Waals surface area contributed by atoms with Gasteiger partial charge in [-0.25, -0.2) is 8.42 Å². The van der Waals surface area contributed by atoms with Gasteiger partial charge in [-0.2, -0.15) is 0 Å². The number of methoxy groups -OCH3 is 2. The number of aryl methyl sites for hydroxylation is 3. The molecule has 3 aromatic rings. The van der Waals surface area contributed by atoms with E-state index < -0.39 is 10.0 Å². The lowest BCUT2D eigenvalue weighted by atomic mass is 9.87. The maximum atomic E-state index is 13.8. The second-order valence-corrected chi connectivity index (χ2v) is 10.9. The summed E-state index contributed by atoms with van der Waals surface area (Å²) in [6.07, 6.45) is 2.61. The Balaban J connectivity index is 1.67. The van der Waals surface area contributed by atoms with Crippen LogP contribution in [-0.2, 0) is 21.2 Å². The standard InChI is InChI=1S/C28H32N2O5S/c1-19-8-12-23(13-9-19)36(32,33)30(26-16-20(2)10-15-27(26)35-4)18-28(31)29-25-7-5-6-21-17-22(34-3)11-14-24(21)25/h8-17,25H,5-7,18H2,1-4H3,(H,29,31). The van der Waals surface area contributed by atoms with Crippen molar-refractivity contribution in [1.82, 2.24) is 5.32 Å². The summed E-state index contributed by atoms with van der Waals surface area (Å²) in [6.45, 7) is 3.38. The molecule has 0 bridgehead atoms. The van der Waals surface area contributed by atoms with E-state index in [4.69, 9.17) is 9.47 Å². The lowest BCUT2D eigenvalue weighted by molar-refractivity contribution is -0.120. The molecular formula is C28H32N2O5S. The second kappa shape index (κ2) is 10.6. The molecule has 1 unspecified atom stereocenters. The van der Waals surface area contributed by atoms with Crippen LogP contribution in [0.2, 0.25) is 0 Å². The second-order valence-electron chi connectivity index (χ2n) is 9.08. The highest BCUT2D eigenvalue weighted by Crippen LogP contribution is 2.35. The Kier molecular flexibility index (Phi) is 7.54. The van der Waals surface area contributed by atoms with Gasteiger partial charge in [0, 0.05) is 0 Å². The molecule has 7 nitrogen and oxygen atoms in total. The molecule has 1 amide bonds. The molecule has 190 valence electrons. The van der Waals surface area contributed by atoms with Crippen molar-refractivity contribution in [2.75, 3.05) is 25.1 Å². The van der Waals surface area contributed by atoms with Crippen molar-refractivity contribution in [2.24, 2.45) is 0 Å². The maximum Gasteiger partial charge on any atom is 0.264 e. The zero-order chi connectivity index (χ0) is 25.9. The van der Waals surface area contributed by atoms with Crippen LogP contribution in [0.5, 0.6) is 11.5 Å². The molecule has 1 aliphatic carbocycles. The third-order valence-electron chi connectivity index (χ3n) is 6.50. The molecular weight excluding hydrogens is 476 g/mol. The molecule has 0 aromatic heterocycles. The quantitative estimate of drug-likeness (QED) is 0.476. The minimum absolute atomic E-state index is 0.111. The molecule has 0 heterocycles. The number of amides is 1. The third kappa shape index (κ3) is 5.33. The molecule has 1 atom stereocenters. The summed E-state index contributed by atoms with van der Waals surface area (Å²) in [5, 5.41) is 3.07. The van der Waals surface area contributed by atoms with Crippen LogP contribution in [0.15, 0.2) is 65.6 Å². The Morgan fingerprint density at radius 2 is 1.69 bits per heavy atom. The van der Waals surface area contributed by atoms with E-state index in [0.717, 1.165) is 51.6 Å². The lowest BCUT2D eigenvalue weighted by Crippen LogP contribution is -2.42. The number of hydrogen-bond donors (Lipinski definition) is 1. The molecule has 0 radical (unpaired) electrons. The average molecular weight is 509 g/mol. The van der Waals surface area contributed by atoms with Crippen LogP contribution < -0.4 is 19.1 Å². The highest BCUT2D eigenvalue weighted by atomic mass is 32.2. The minimum atomic E-state index is -4.05. The van der Waals surface area contributed by atoms with Gasteiger partial charge < -0.3 is 14.8 Å². The minimum Gasteiger partial charge on any atom is -0.497 e. The fourth-order valence-electron chi connectivity index (χ4n) is 4.57. The first kappa shape index (κ1) is 25.6. The van der Waals surface area contributed by atoms with Crippen molar-refractivity contribution in [3.8, 4) is 11.5 Å². The van der Waals surface area contributed by atoms with E-state index in [9.17, 15) is 13.2 Å². The summed E-state index contributed by atoms with van der Waals surface area (Å²) in [5.74, 6) is 0.768. The number of hydrogen-bond acceptors (Lipinski definition) is 5. The molecule has 0 saturated heterocycles. The zero-order valence-corrected chi connectivity index (χ0v) is 21.9. The van der Waals surface area contributed by atoms with E-state index in [-0.39, 0.29) is 23.4 Å². The van der Waals surface area contributed by atoms with Gasteiger partial charge in [-0.15, -0.1) is 0 Å². The number of nitrogens with one attached hydrogen (secondary N) is 1. The Bertz CT molecular complexity index is 1350. The van der Waals surface area contributed by atoms with Gasteiger partial charge in [0.05, 0.1) is 30.8 Å². The molecule has 8 heteroatoms. The largest absolute Gasteiger partial charge is 0.497 e. The fourth-order valence-corrected chi connectivity index (χ4v) is 5.99. The summed E-state index contributed by atoms with van der Waals surface area (Å²) in [5.41, 5.74) is 4.29. The SMILES string of the molecule is COc1ccc2c(c1)CCCC2NC(=O)CN(c1cc(C)ccc1OC)S(=O)(=O)c1ccc(C)cc1. The van der Waals surface area contributed by atoms with Crippen LogP contribution in [0.4, 0.5) is 5.69 Å². The monoisotopic (exact) mass is 508 g/mol. The van der Waals surface area contributed by atoms with Crippen LogP contribution in [0, 0.1) is 13.8 Å². The lowest BCUT2D eigenvalue weighted by Gasteiger charge is -2.29. The Labute approximate surface area is 213 Å². The molecule has 0 saturated carbocycles. The molecule has 1 N–H and O–H groups in total. The Morgan fingerprint density at radius 1 is 0.972 bits per heavy atom. The topological polar surface area (TPSA) is 84.9 Å². The molecule has 1 aliphatic rings. The number of ether oxygens (including phenoxy) is 2. The maximum absolute atomic E-state index is 13.8. The highest BCUT2D eigenvalue weighted by Gasteiger charge is 2.31. The predicted octanol–water partition coefficient (Wildman–Crippen LogP) is 4.71. The van der Waals surface area contributed by atoms with Gasteiger partial charge in [0.2, 0.25) is 5.91 Å². The number of benzene rings is 3. The summed E-state index contributed by atoms with van der Waals surface area (Å²) >= 11 is 0. The van der Waals surface area contributed by atoms with E-state index in [1.54, 1.807) is 43.5 Å². The average Bonchev–Trinajstić information content (AvgIpc) is 2.87. The van der Waals surface area contributed by atoms with Crippen LogP contribution in [0.25, 0.3) is 0 Å². The number of carbonyl (C=O) groups is 1. The fraction of sp³-hybridized carbons (Fsp3) is 0.321. The van der Waals surface area contributed by atoms with Gasteiger partial charge in [-0.3, -0.25) is 9.10 Å². The van der Waals surface area contributed by atoms with Crippen molar-refractivity contribution in [2.45, 2.75) is 44.0 Å². The number of rotatable bonds is 8. The van der Waals surface area contributed by atoms with Crippen molar-refractivity contribution in [1.29, 1.82) is 0 Å². The number of anilines is 1. The first-order valence-corrected chi connectivity index (χ1v) is 13.4. The third-order valence-corrected chi connectivity index (χ3v) is 8.27. The van der Waals surface area contributed by atoms with Gasteiger partial charge in [-0.05, 0) is 86.2 Å². The number of carbonyl (C=O) groups excluding carboxylic acids is 1. The van der Waals surface area contributed by atoms with Crippen molar-refractivity contribution in [3.05, 3.63) is 82.9 Å². The molecule has 0 fully saturated rings. The molecule has 4 rings (SSSR count). The van der Waals surface area contributed by atoms with E-state index in [1.165, 1.54) is 7.11 Å². The number of fused-ring (bicyclic) bond motifs is 1. The Hall–Kier alpha value is -3.52. The van der Waals surface area contributed by atoms with Crippen LogP contribution in [0.1, 0.15) is 41.1 Å². The first-order valence-electron chi connectivity index (χ1n) is 11.9. The summed E-state index contributed by atoms with van der Waals surface area (Å²) in [4.78, 5) is 13.5. The highest BCUT2D eigenvalue weighted by molar-refractivity contribution is 7.92. The molecule has 0 aliphatic heterocycles. The number of nitrogens with zero attached hydrogens (tertiary/aromatic N) is 1. The van der Waals surface area contributed by atoms with Crippen molar-refractivity contribution >= 4 is 21.6 Å². The van der Waals surface area contributed by atoms with Gasteiger partial charge >= 0.3 is 0 Å². The molecule has 0 spiro atoms. The van der Waals surface area contributed by atoms with Crippen molar-refractivity contribution in [3.63, 3.8) is 0 Å².